The maximum atomic E-state index is 6.18. The Morgan fingerprint density at radius 1 is 0.955 bits per heavy atom. The lowest BCUT2D eigenvalue weighted by atomic mass is 9.77. The highest BCUT2D eigenvalue weighted by atomic mass is 16.7. The van der Waals surface area contributed by atoms with Gasteiger partial charge < -0.3 is 14.2 Å². The van der Waals surface area contributed by atoms with Crippen LogP contribution in [0.1, 0.15) is 58.8 Å². The summed E-state index contributed by atoms with van der Waals surface area (Å²) in [6.45, 7) is 6.93. The van der Waals surface area contributed by atoms with Crippen molar-refractivity contribution in [2.24, 2.45) is 17.8 Å². The minimum Gasteiger partial charge on any atom is -0.378 e. The van der Waals surface area contributed by atoms with Gasteiger partial charge in [0.1, 0.15) is 0 Å². The van der Waals surface area contributed by atoms with Crippen LogP contribution in [0.15, 0.2) is 11.6 Å². The molecule has 2 saturated heterocycles. The summed E-state index contributed by atoms with van der Waals surface area (Å²) in [7, 11) is 0. The van der Waals surface area contributed by atoms with Gasteiger partial charge in [0.05, 0.1) is 25.9 Å². The van der Waals surface area contributed by atoms with Crippen molar-refractivity contribution in [1.82, 2.24) is 0 Å². The first kappa shape index (κ1) is 16.5. The summed E-state index contributed by atoms with van der Waals surface area (Å²) in [6.07, 6.45) is 11.8. The van der Waals surface area contributed by atoms with Gasteiger partial charge in [0, 0.05) is 5.92 Å². The fourth-order valence-corrected chi connectivity index (χ4v) is 4.07. The van der Waals surface area contributed by atoms with Gasteiger partial charge in [-0.15, -0.1) is 0 Å². The minimum atomic E-state index is -0.0175. The molecule has 2 heterocycles. The standard InChI is InChI=1S/C19H32O3/c1-14-3-6-17(7-4-14)18-8-10-19(22-13-18)9-5-16-11-20-15(2)21-12-16/h3,15-19H,4-13H2,1-2H3. The largest absolute Gasteiger partial charge is 0.378 e. The lowest BCUT2D eigenvalue weighted by molar-refractivity contribution is -0.192. The Morgan fingerprint density at radius 2 is 1.77 bits per heavy atom. The molecule has 22 heavy (non-hydrogen) atoms. The molecular weight excluding hydrogens is 276 g/mol. The lowest BCUT2D eigenvalue weighted by Crippen LogP contribution is -2.33. The molecule has 2 aliphatic heterocycles. The van der Waals surface area contributed by atoms with Crippen molar-refractivity contribution in [3.05, 3.63) is 11.6 Å². The molecule has 0 aromatic carbocycles. The maximum absolute atomic E-state index is 6.18. The van der Waals surface area contributed by atoms with E-state index >= 15 is 0 Å². The molecule has 0 spiro atoms. The summed E-state index contributed by atoms with van der Waals surface area (Å²) in [5, 5.41) is 0. The summed E-state index contributed by atoms with van der Waals surface area (Å²) in [4.78, 5) is 0. The van der Waals surface area contributed by atoms with E-state index in [0.717, 1.165) is 31.7 Å². The Kier molecular flexibility index (Phi) is 5.95. The maximum Gasteiger partial charge on any atom is 0.154 e. The van der Waals surface area contributed by atoms with Crippen LogP contribution in [0.4, 0.5) is 0 Å². The second-order valence-electron chi connectivity index (χ2n) is 7.56. The molecular formula is C19H32O3. The van der Waals surface area contributed by atoms with Gasteiger partial charge in [-0.25, -0.2) is 0 Å². The van der Waals surface area contributed by atoms with Crippen LogP contribution < -0.4 is 0 Å². The molecule has 3 unspecified atom stereocenters. The van der Waals surface area contributed by atoms with E-state index in [2.05, 4.69) is 13.0 Å². The Balaban J connectivity index is 1.33. The van der Waals surface area contributed by atoms with Crippen molar-refractivity contribution >= 4 is 0 Å². The molecule has 0 aromatic heterocycles. The van der Waals surface area contributed by atoms with Gasteiger partial charge in [-0.3, -0.25) is 0 Å². The summed E-state index contributed by atoms with van der Waals surface area (Å²) in [5.74, 6) is 2.22. The van der Waals surface area contributed by atoms with Gasteiger partial charge in [0.15, 0.2) is 6.29 Å². The SMILES string of the molecule is CC1=CCC(C2CCC(CCC3COC(C)OC3)OC2)CC1. The molecule has 2 fully saturated rings. The smallest absolute Gasteiger partial charge is 0.154 e. The van der Waals surface area contributed by atoms with Crippen LogP contribution >= 0.6 is 0 Å². The van der Waals surface area contributed by atoms with Crippen LogP contribution in [-0.2, 0) is 14.2 Å². The van der Waals surface area contributed by atoms with E-state index in [9.17, 15) is 0 Å². The zero-order valence-electron chi connectivity index (χ0n) is 14.3. The number of hydrogen-bond acceptors (Lipinski definition) is 3. The van der Waals surface area contributed by atoms with Gasteiger partial charge in [-0.05, 0) is 70.6 Å². The van der Waals surface area contributed by atoms with Crippen molar-refractivity contribution in [3.63, 3.8) is 0 Å². The quantitative estimate of drug-likeness (QED) is 0.724. The van der Waals surface area contributed by atoms with E-state index in [1.165, 1.54) is 44.9 Å². The van der Waals surface area contributed by atoms with E-state index in [-0.39, 0.29) is 6.29 Å². The highest BCUT2D eigenvalue weighted by molar-refractivity contribution is 5.03. The fourth-order valence-electron chi connectivity index (χ4n) is 4.07. The van der Waals surface area contributed by atoms with Crippen LogP contribution in [-0.4, -0.2) is 32.2 Å². The third-order valence-electron chi connectivity index (χ3n) is 5.78. The van der Waals surface area contributed by atoms with Crippen molar-refractivity contribution in [2.45, 2.75) is 71.2 Å². The molecule has 0 amide bonds. The van der Waals surface area contributed by atoms with Gasteiger partial charge in [0.2, 0.25) is 0 Å². The summed E-state index contributed by atoms with van der Waals surface area (Å²) in [5.41, 5.74) is 1.58. The van der Waals surface area contributed by atoms with E-state index < -0.39 is 0 Å². The fraction of sp³-hybridized carbons (Fsp3) is 0.895. The van der Waals surface area contributed by atoms with E-state index in [1.54, 1.807) is 5.57 Å². The normalized spacial score (nSPS) is 40.3. The molecule has 0 N–H and O–H groups in total. The van der Waals surface area contributed by atoms with Crippen LogP contribution in [0.25, 0.3) is 0 Å². The summed E-state index contributed by atoms with van der Waals surface area (Å²) < 4.78 is 17.3. The molecule has 0 bridgehead atoms. The predicted molar refractivity (Wildman–Crippen MR) is 87.7 cm³/mol. The topological polar surface area (TPSA) is 27.7 Å². The first-order valence-electron chi connectivity index (χ1n) is 9.21. The van der Waals surface area contributed by atoms with Crippen molar-refractivity contribution < 1.29 is 14.2 Å². The van der Waals surface area contributed by atoms with Crippen LogP contribution in [0.5, 0.6) is 0 Å². The number of rotatable bonds is 4. The number of ether oxygens (including phenoxy) is 3. The van der Waals surface area contributed by atoms with E-state index in [0.29, 0.717) is 12.0 Å². The molecule has 3 atom stereocenters. The number of allylic oxidation sites excluding steroid dienone is 2. The van der Waals surface area contributed by atoms with Gasteiger partial charge in [-0.2, -0.15) is 0 Å². The average molecular weight is 308 g/mol. The molecule has 3 nitrogen and oxygen atoms in total. The number of hydrogen-bond donors (Lipinski definition) is 0. The average Bonchev–Trinajstić information content (AvgIpc) is 2.56. The molecule has 3 aliphatic rings. The second kappa shape index (κ2) is 7.94. The van der Waals surface area contributed by atoms with Gasteiger partial charge in [0.25, 0.3) is 0 Å². The van der Waals surface area contributed by atoms with E-state index in [1.807, 2.05) is 6.92 Å². The van der Waals surface area contributed by atoms with Crippen LogP contribution in [0, 0.1) is 17.8 Å². The molecule has 1 aliphatic carbocycles. The molecule has 126 valence electrons. The van der Waals surface area contributed by atoms with Gasteiger partial charge in [-0.1, -0.05) is 11.6 Å². The predicted octanol–water partition coefficient (Wildman–Crippen LogP) is 4.32. The van der Waals surface area contributed by atoms with Gasteiger partial charge >= 0.3 is 0 Å². The monoisotopic (exact) mass is 308 g/mol. The Labute approximate surface area is 135 Å². The zero-order chi connectivity index (χ0) is 15.4. The summed E-state index contributed by atoms with van der Waals surface area (Å²) in [6, 6.07) is 0. The Bertz CT molecular complexity index is 363. The summed E-state index contributed by atoms with van der Waals surface area (Å²) >= 11 is 0. The third kappa shape index (κ3) is 4.56. The Hall–Kier alpha value is -0.380. The highest BCUT2D eigenvalue weighted by Gasteiger charge is 2.29. The first-order valence-corrected chi connectivity index (χ1v) is 9.21. The molecule has 0 saturated carbocycles. The first-order chi connectivity index (χ1) is 10.7. The molecule has 3 heteroatoms. The van der Waals surface area contributed by atoms with Crippen molar-refractivity contribution in [3.8, 4) is 0 Å². The zero-order valence-corrected chi connectivity index (χ0v) is 14.3. The van der Waals surface area contributed by atoms with Crippen molar-refractivity contribution in [1.29, 1.82) is 0 Å². The Morgan fingerprint density at radius 3 is 2.41 bits per heavy atom. The second-order valence-corrected chi connectivity index (χ2v) is 7.56. The van der Waals surface area contributed by atoms with Crippen molar-refractivity contribution in [2.75, 3.05) is 19.8 Å². The third-order valence-corrected chi connectivity index (χ3v) is 5.78. The molecule has 0 aromatic rings. The van der Waals surface area contributed by atoms with E-state index in [4.69, 9.17) is 14.2 Å². The molecule has 3 rings (SSSR count). The minimum absolute atomic E-state index is 0.0175. The van der Waals surface area contributed by atoms with Crippen LogP contribution in [0.3, 0.4) is 0 Å². The lowest BCUT2D eigenvalue weighted by Gasteiger charge is -2.36. The molecule has 0 radical (unpaired) electrons. The van der Waals surface area contributed by atoms with Crippen LogP contribution in [0.2, 0.25) is 0 Å². The highest BCUT2D eigenvalue weighted by Crippen LogP contribution is 2.35.